The molecule has 0 saturated heterocycles. The van der Waals surface area contributed by atoms with Crippen LogP contribution in [0.4, 0.5) is 5.69 Å². The van der Waals surface area contributed by atoms with Gasteiger partial charge in [0, 0.05) is 10.5 Å². The molecule has 0 aliphatic carbocycles. The number of esters is 1. The normalized spacial score (nSPS) is 10.4. The lowest BCUT2D eigenvalue weighted by Gasteiger charge is -2.12. The molecule has 3 aromatic rings. The molecule has 0 unspecified atom stereocenters. The molecular weight excluding hydrogens is 442 g/mol. The smallest absolute Gasteiger partial charge is 0.340 e. The Kier molecular flexibility index (Phi) is 6.08. The molecule has 0 fully saturated rings. The predicted octanol–water partition coefficient (Wildman–Crippen LogP) is 3.13. The van der Waals surface area contributed by atoms with Gasteiger partial charge in [-0.05, 0) is 43.3 Å². The van der Waals surface area contributed by atoms with Crippen LogP contribution in [0.5, 0.6) is 5.75 Å². The van der Waals surface area contributed by atoms with E-state index in [1.165, 1.54) is 12.1 Å². The number of hydrogen-bond donors (Lipinski definition) is 2. The molecule has 0 radical (unpaired) electrons. The van der Waals surface area contributed by atoms with E-state index in [4.69, 9.17) is 4.74 Å². The van der Waals surface area contributed by atoms with Crippen LogP contribution in [0.2, 0.25) is 0 Å². The van der Waals surface area contributed by atoms with Crippen LogP contribution in [-0.2, 0) is 4.74 Å². The number of benzene rings is 2. The van der Waals surface area contributed by atoms with Crippen molar-refractivity contribution in [2.24, 2.45) is 0 Å². The maximum Gasteiger partial charge on any atom is 0.340 e. The van der Waals surface area contributed by atoms with Gasteiger partial charge in [-0.1, -0.05) is 28.1 Å². The Balaban J connectivity index is 1.97. The van der Waals surface area contributed by atoms with Crippen LogP contribution in [-0.4, -0.2) is 33.4 Å². The third-order valence-electron chi connectivity index (χ3n) is 3.87. The average molecular weight is 458 g/mol. The summed E-state index contributed by atoms with van der Waals surface area (Å²) in [4.78, 5) is 37.0. The van der Waals surface area contributed by atoms with Crippen molar-refractivity contribution in [1.29, 1.82) is 0 Å². The van der Waals surface area contributed by atoms with E-state index in [0.29, 0.717) is 5.69 Å². The SMILES string of the molecule is CCOC(=O)c1ccccc1NC(=O)c1nn(-c2ccc(Br)cc2)c(=O)cc1O. The largest absolute Gasteiger partial charge is 0.505 e. The summed E-state index contributed by atoms with van der Waals surface area (Å²) < 4.78 is 6.78. The number of hydrogen-bond acceptors (Lipinski definition) is 6. The van der Waals surface area contributed by atoms with E-state index in [-0.39, 0.29) is 23.6 Å². The first-order valence-corrected chi connectivity index (χ1v) is 9.36. The van der Waals surface area contributed by atoms with Gasteiger partial charge in [0.1, 0.15) is 0 Å². The standard InChI is InChI=1S/C20H16BrN3O5/c1-2-29-20(28)14-5-3-4-6-15(14)22-19(27)18-16(25)11-17(26)24(23-18)13-9-7-12(21)8-10-13/h3-11,25H,2H2,1H3,(H,22,27). The molecule has 1 aromatic heterocycles. The molecule has 0 saturated carbocycles. The lowest BCUT2D eigenvalue weighted by Crippen LogP contribution is -2.25. The van der Waals surface area contributed by atoms with Crippen molar-refractivity contribution in [3.8, 4) is 11.4 Å². The maximum absolute atomic E-state index is 12.7. The fraction of sp³-hybridized carbons (Fsp3) is 0.100. The fourth-order valence-electron chi connectivity index (χ4n) is 2.54. The first kappa shape index (κ1) is 20.3. The first-order valence-electron chi connectivity index (χ1n) is 8.57. The second-order valence-electron chi connectivity index (χ2n) is 5.82. The van der Waals surface area contributed by atoms with E-state index in [0.717, 1.165) is 15.2 Å². The Labute approximate surface area is 173 Å². The molecule has 8 nitrogen and oxygen atoms in total. The summed E-state index contributed by atoms with van der Waals surface area (Å²) in [6.45, 7) is 1.86. The van der Waals surface area contributed by atoms with E-state index in [1.54, 1.807) is 43.3 Å². The number of ether oxygens (including phenoxy) is 1. The minimum Gasteiger partial charge on any atom is -0.505 e. The molecule has 0 aliphatic rings. The summed E-state index contributed by atoms with van der Waals surface area (Å²) in [5, 5.41) is 16.6. The molecule has 0 atom stereocenters. The van der Waals surface area contributed by atoms with Crippen LogP contribution in [0.15, 0.2) is 63.9 Å². The third-order valence-corrected chi connectivity index (χ3v) is 4.40. The Morgan fingerprint density at radius 1 is 1.17 bits per heavy atom. The summed E-state index contributed by atoms with van der Waals surface area (Å²) in [5.41, 5.74) is -0.208. The number of carbonyl (C=O) groups is 2. The van der Waals surface area contributed by atoms with E-state index < -0.39 is 23.2 Å². The van der Waals surface area contributed by atoms with Crippen LogP contribution < -0.4 is 10.9 Å². The average Bonchev–Trinajstić information content (AvgIpc) is 2.69. The summed E-state index contributed by atoms with van der Waals surface area (Å²) in [6.07, 6.45) is 0. The van der Waals surface area contributed by atoms with E-state index in [2.05, 4.69) is 26.3 Å². The van der Waals surface area contributed by atoms with Crippen LogP contribution in [0.25, 0.3) is 5.69 Å². The minimum atomic E-state index is -0.787. The molecule has 2 aromatic carbocycles. The van der Waals surface area contributed by atoms with Gasteiger partial charge in [-0.2, -0.15) is 9.78 Å². The predicted molar refractivity (Wildman–Crippen MR) is 110 cm³/mol. The Bertz CT molecular complexity index is 1130. The molecule has 148 valence electrons. The number of amides is 1. The van der Waals surface area contributed by atoms with Crippen LogP contribution in [0.3, 0.4) is 0 Å². The Morgan fingerprint density at radius 2 is 1.86 bits per heavy atom. The molecule has 2 N–H and O–H groups in total. The lowest BCUT2D eigenvalue weighted by molar-refractivity contribution is 0.0527. The van der Waals surface area contributed by atoms with Crippen molar-refractivity contribution < 1.29 is 19.4 Å². The van der Waals surface area contributed by atoms with Gasteiger partial charge >= 0.3 is 5.97 Å². The summed E-state index contributed by atoms with van der Waals surface area (Å²) in [7, 11) is 0. The highest BCUT2D eigenvalue weighted by Gasteiger charge is 2.20. The van der Waals surface area contributed by atoms with Gasteiger partial charge in [-0.25, -0.2) is 4.79 Å². The van der Waals surface area contributed by atoms with Gasteiger partial charge in [-0.15, -0.1) is 0 Å². The number of halogens is 1. The molecular formula is C20H16BrN3O5. The van der Waals surface area contributed by atoms with Crippen LogP contribution in [0.1, 0.15) is 27.8 Å². The zero-order valence-electron chi connectivity index (χ0n) is 15.3. The highest BCUT2D eigenvalue weighted by Crippen LogP contribution is 2.20. The van der Waals surface area contributed by atoms with Crippen LogP contribution >= 0.6 is 15.9 Å². The number of carbonyl (C=O) groups excluding carboxylic acids is 2. The fourth-order valence-corrected chi connectivity index (χ4v) is 2.80. The summed E-state index contributed by atoms with van der Waals surface area (Å²) in [5.74, 6) is -1.96. The van der Waals surface area contributed by atoms with Gasteiger partial charge in [-0.3, -0.25) is 9.59 Å². The number of aromatic hydroxyl groups is 1. The van der Waals surface area contributed by atoms with Crippen molar-refractivity contribution in [1.82, 2.24) is 9.78 Å². The van der Waals surface area contributed by atoms with Crippen molar-refractivity contribution in [3.05, 3.63) is 80.7 Å². The van der Waals surface area contributed by atoms with Gasteiger partial charge in [0.2, 0.25) is 0 Å². The molecule has 9 heteroatoms. The molecule has 1 amide bonds. The van der Waals surface area contributed by atoms with Crippen LogP contribution in [0, 0.1) is 0 Å². The second kappa shape index (κ2) is 8.70. The van der Waals surface area contributed by atoms with Gasteiger partial charge < -0.3 is 15.2 Å². The number of nitrogens with one attached hydrogen (secondary N) is 1. The first-order chi connectivity index (χ1) is 13.9. The zero-order valence-corrected chi connectivity index (χ0v) is 16.8. The molecule has 0 bridgehead atoms. The Hall–Kier alpha value is -3.46. The number of nitrogens with zero attached hydrogens (tertiary/aromatic N) is 2. The van der Waals surface area contributed by atoms with Crippen molar-refractivity contribution >= 4 is 33.5 Å². The molecule has 3 rings (SSSR count). The maximum atomic E-state index is 12.7. The topological polar surface area (TPSA) is 111 Å². The van der Waals surface area contributed by atoms with E-state index >= 15 is 0 Å². The van der Waals surface area contributed by atoms with Gasteiger partial charge in [0.15, 0.2) is 11.4 Å². The highest BCUT2D eigenvalue weighted by molar-refractivity contribution is 9.10. The number of rotatable bonds is 5. The third kappa shape index (κ3) is 4.52. The van der Waals surface area contributed by atoms with E-state index in [1.807, 2.05) is 0 Å². The van der Waals surface area contributed by atoms with Crippen molar-refractivity contribution in [2.45, 2.75) is 6.92 Å². The van der Waals surface area contributed by atoms with Crippen molar-refractivity contribution in [2.75, 3.05) is 11.9 Å². The number of anilines is 1. The van der Waals surface area contributed by atoms with Gasteiger partial charge in [0.05, 0.1) is 23.5 Å². The number of aromatic nitrogens is 2. The highest BCUT2D eigenvalue weighted by atomic mass is 79.9. The zero-order chi connectivity index (χ0) is 21.0. The molecule has 1 heterocycles. The van der Waals surface area contributed by atoms with E-state index in [9.17, 15) is 19.5 Å². The van der Waals surface area contributed by atoms with Crippen molar-refractivity contribution in [3.63, 3.8) is 0 Å². The monoisotopic (exact) mass is 457 g/mol. The lowest BCUT2D eigenvalue weighted by atomic mass is 10.1. The molecule has 0 aliphatic heterocycles. The van der Waals surface area contributed by atoms with Gasteiger partial charge in [0.25, 0.3) is 11.5 Å². The minimum absolute atomic E-state index is 0.156. The summed E-state index contributed by atoms with van der Waals surface area (Å²) >= 11 is 3.30. The second-order valence-corrected chi connectivity index (χ2v) is 6.74. The molecule has 29 heavy (non-hydrogen) atoms. The molecule has 0 spiro atoms. The number of para-hydroxylation sites is 1. The Morgan fingerprint density at radius 3 is 2.55 bits per heavy atom. The quantitative estimate of drug-likeness (QED) is 0.569. The summed E-state index contributed by atoms with van der Waals surface area (Å²) in [6, 6.07) is 13.9.